The summed E-state index contributed by atoms with van der Waals surface area (Å²) in [5.41, 5.74) is 8.08. The third-order valence-electron chi connectivity index (χ3n) is 5.05. The average Bonchev–Trinajstić information content (AvgIpc) is 3.06. The Morgan fingerprint density at radius 3 is 2.07 bits per heavy atom. The number of aromatic nitrogens is 2. The van der Waals surface area contributed by atoms with Gasteiger partial charge in [-0.05, 0) is 62.4 Å². The summed E-state index contributed by atoms with van der Waals surface area (Å²) in [5, 5.41) is 0. The molecule has 1 aliphatic heterocycles. The molecular formula is C22H22F2N4O. The molecule has 0 saturated heterocycles. The van der Waals surface area contributed by atoms with Gasteiger partial charge in [0.1, 0.15) is 17.5 Å². The minimum Gasteiger partial charge on any atom is -0.332 e. The van der Waals surface area contributed by atoms with Gasteiger partial charge in [-0.15, -0.1) is 0 Å². The number of amides is 1. The molecule has 0 unspecified atom stereocenters. The maximum absolute atomic E-state index is 13.5. The molecule has 1 amide bonds. The van der Waals surface area contributed by atoms with Gasteiger partial charge in [0.2, 0.25) is 5.91 Å². The highest BCUT2D eigenvalue weighted by Gasteiger charge is 2.32. The third kappa shape index (κ3) is 3.65. The molecule has 29 heavy (non-hydrogen) atoms. The van der Waals surface area contributed by atoms with Crippen LogP contribution in [0.4, 0.5) is 8.78 Å². The largest absolute Gasteiger partial charge is 0.332 e. The standard InChI is InChI=1S/C22H22F2N4O/c1-22(2,25)21(29)27-11-12-28-18(13-27)26-19(14-3-7-16(23)8-4-14)20(28)15-5-9-17(24)10-6-15/h3-10H,11-13,25H2,1-2H3. The van der Waals surface area contributed by atoms with E-state index in [1.54, 1.807) is 43.0 Å². The Labute approximate surface area is 167 Å². The molecule has 0 fully saturated rings. The van der Waals surface area contributed by atoms with Crippen molar-refractivity contribution in [1.82, 2.24) is 14.5 Å². The van der Waals surface area contributed by atoms with Crippen molar-refractivity contribution in [1.29, 1.82) is 0 Å². The number of carbonyl (C=O) groups excluding carboxylic acids is 1. The number of imidazole rings is 1. The first-order chi connectivity index (χ1) is 13.7. The molecule has 0 bridgehead atoms. The van der Waals surface area contributed by atoms with E-state index in [9.17, 15) is 13.6 Å². The summed E-state index contributed by atoms with van der Waals surface area (Å²) in [4.78, 5) is 19.1. The van der Waals surface area contributed by atoms with Crippen molar-refractivity contribution >= 4 is 5.91 Å². The van der Waals surface area contributed by atoms with Crippen molar-refractivity contribution in [2.24, 2.45) is 5.73 Å². The molecule has 150 valence electrons. The van der Waals surface area contributed by atoms with E-state index >= 15 is 0 Å². The summed E-state index contributed by atoms with van der Waals surface area (Å²) in [7, 11) is 0. The fourth-order valence-corrected chi connectivity index (χ4v) is 3.62. The van der Waals surface area contributed by atoms with Crippen LogP contribution in [0.3, 0.4) is 0 Å². The van der Waals surface area contributed by atoms with Crippen LogP contribution in [0.2, 0.25) is 0 Å². The molecule has 4 rings (SSSR count). The fraction of sp³-hybridized carbons (Fsp3) is 0.273. The maximum atomic E-state index is 13.5. The average molecular weight is 396 g/mol. The van der Waals surface area contributed by atoms with Gasteiger partial charge < -0.3 is 15.2 Å². The van der Waals surface area contributed by atoms with Gasteiger partial charge in [0.15, 0.2) is 0 Å². The van der Waals surface area contributed by atoms with Gasteiger partial charge in [0, 0.05) is 24.2 Å². The van der Waals surface area contributed by atoms with E-state index in [2.05, 4.69) is 0 Å². The van der Waals surface area contributed by atoms with Crippen LogP contribution in [0.1, 0.15) is 19.7 Å². The van der Waals surface area contributed by atoms with Crippen LogP contribution < -0.4 is 5.73 Å². The van der Waals surface area contributed by atoms with Crippen LogP contribution in [0, 0.1) is 11.6 Å². The van der Waals surface area contributed by atoms with Crippen LogP contribution >= 0.6 is 0 Å². The number of halogens is 2. The maximum Gasteiger partial charge on any atom is 0.242 e. The van der Waals surface area contributed by atoms with Crippen molar-refractivity contribution in [2.45, 2.75) is 32.5 Å². The van der Waals surface area contributed by atoms with Gasteiger partial charge in [-0.2, -0.15) is 0 Å². The Hall–Kier alpha value is -3.06. The zero-order chi connectivity index (χ0) is 20.8. The molecule has 0 radical (unpaired) electrons. The van der Waals surface area contributed by atoms with Crippen molar-refractivity contribution in [3.63, 3.8) is 0 Å². The second kappa shape index (κ2) is 7.08. The van der Waals surface area contributed by atoms with Crippen LogP contribution in [-0.2, 0) is 17.9 Å². The Morgan fingerprint density at radius 1 is 0.966 bits per heavy atom. The Bertz CT molecular complexity index is 1050. The van der Waals surface area contributed by atoms with E-state index in [1.165, 1.54) is 24.3 Å². The normalized spacial score (nSPS) is 14.0. The van der Waals surface area contributed by atoms with Crippen LogP contribution in [-0.4, -0.2) is 32.4 Å². The first-order valence-corrected chi connectivity index (χ1v) is 9.43. The van der Waals surface area contributed by atoms with Gasteiger partial charge in [-0.3, -0.25) is 4.79 Å². The van der Waals surface area contributed by atoms with Gasteiger partial charge >= 0.3 is 0 Å². The highest BCUT2D eigenvalue weighted by molar-refractivity contribution is 5.85. The molecule has 2 N–H and O–H groups in total. The fourth-order valence-electron chi connectivity index (χ4n) is 3.62. The number of benzene rings is 2. The Balaban J connectivity index is 1.82. The molecule has 5 nitrogen and oxygen atoms in total. The SMILES string of the molecule is CC(C)(N)C(=O)N1CCn2c(nc(-c3ccc(F)cc3)c2-c2ccc(F)cc2)C1. The lowest BCUT2D eigenvalue weighted by Crippen LogP contribution is -2.52. The minimum absolute atomic E-state index is 0.140. The molecule has 0 aliphatic carbocycles. The summed E-state index contributed by atoms with van der Waals surface area (Å²) in [5.74, 6) is -0.0775. The van der Waals surface area contributed by atoms with E-state index in [0.29, 0.717) is 31.2 Å². The monoisotopic (exact) mass is 396 g/mol. The van der Waals surface area contributed by atoms with Crippen molar-refractivity contribution < 1.29 is 13.6 Å². The predicted molar refractivity (Wildman–Crippen MR) is 107 cm³/mol. The first-order valence-electron chi connectivity index (χ1n) is 9.43. The molecule has 2 heterocycles. The van der Waals surface area contributed by atoms with E-state index < -0.39 is 5.54 Å². The van der Waals surface area contributed by atoms with Gasteiger partial charge in [0.05, 0.1) is 23.5 Å². The summed E-state index contributed by atoms with van der Waals surface area (Å²) in [6.45, 7) is 4.74. The zero-order valence-corrected chi connectivity index (χ0v) is 16.3. The zero-order valence-electron chi connectivity index (χ0n) is 16.3. The molecule has 0 atom stereocenters. The minimum atomic E-state index is -0.964. The number of fused-ring (bicyclic) bond motifs is 1. The number of carbonyl (C=O) groups is 1. The van der Waals surface area contributed by atoms with Crippen molar-refractivity contribution in [2.75, 3.05) is 6.54 Å². The molecule has 1 aromatic heterocycles. The molecular weight excluding hydrogens is 374 g/mol. The number of nitrogens with two attached hydrogens (primary N) is 1. The van der Waals surface area contributed by atoms with Crippen molar-refractivity contribution in [3.05, 3.63) is 66.0 Å². The Kier molecular flexibility index (Phi) is 4.70. The number of nitrogens with zero attached hydrogens (tertiary/aromatic N) is 3. The van der Waals surface area contributed by atoms with Gasteiger partial charge in [-0.25, -0.2) is 13.8 Å². The highest BCUT2D eigenvalue weighted by Crippen LogP contribution is 2.35. The van der Waals surface area contributed by atoms with E-state index in [1.807, 2.05) is 4.57 Å². The predicted octanol–water partition coefficient (Wildman–Crippen LogP) is 3.57. The Morgan fingerprint density at radius 2 is 1.52 bits per heavy atom. The third-order valence-corrected chi connectivity index (χ3v) is 5.05. The second-order valence-corrected chi connectivity index (χ2v) is 7.84. The number of hydrogen-bond acceptors (Lipinski definition) is 3. The lowest BCUT2D eigenvalue weighted by molar-refractivity contribution is -0.137. The summed E-state index contributed by atoms with van der Waals surface area (Å²) in [6.07, 6.45) is 0. The molecule has 0 saturated carbocycles. The molecule has 2 aromatic carbocycles. The summed E-state index contributed by atoms with van der Waals surface area (Å²) < 4.78 is 28.9. The van der Waals surface area contributed by atoms with E-state index in [-0.39, 0.29) is 17.5 Å². The molecule has 0 spiro atoms. The molecule has 7 heteroatoms. The lowest BCUT2D eigenvalue weighted by atomic mass is 10.0. The highest BCUT2D eigenvalue weighted by atomic mass is 19.1. The molecule has 3 aromatic rings. The number of rotatable bonds is 3. The van der Waals surface area contributed by atoms with E-state index in [4.69, 9.17) is 10.7 Å². The van der Waals surface area contributed by atoms with Gasteiger partial charge in [0.25, 0.3) is 0 Å². The molecule has 1 aliphatic rings. The van der Waals surface area contributed by atoms with Crippen molar-refractivity contribution in [3.8, 4) is 22.5 Å². The second-order valence-electron chi connectivity index (χ2n) is 7.84. The van der Waals surface area contributed by atoms with Gasteiger partial charge in [-0.1, -0.05) is 0 Å². The topological polar surface area (TPSA) is 64.2 Å². The van der Waals surface area contributed by atoms with Crippen LogP contribution in [0.25, 0.3) is 22.5 Å². The van der Waals surface area contributed by atoms with E-state index in [0.717, 1.165) is 16.8 Å². The smallest absolute Gasteiger partial charge is 0.242 e. The first kappa shape index (κ1) is 19.3. The number of hydrogen-bond donors (Lipinski definition) is 1. The quantitative estimate of drug-likeness (QED) is 0.736. The van der Waals surface area contributed by atoms with Crippen LogP contribution in [0.15, 0.2) is 48.5 Å². The summed E-state index contributed by atoms with van der Waals surface area (Å²) >= 11 is 0. The summed E-state index contributed by atoms with van der Waals surface area (Å²) in [6, 6.07) is 12.3. The van der Waals surface area contributed by atoms with Crippen LogP contribution in [0.5, 0.6) is 0 Å². The lowest BCUT2D eigenvalue weighted by Gasteiger charge is -2.33.